The first-order valence-corrected chi connectivity index (χ1v) is 3.48. The van der Waals surface area contributed by atoms with Crippen LogP contribution in [0, 0.1) is 0 Å². The van der Waals surface area contributed by atoms with E-state index in [0.717, 1.165) is 0 Å². The van der Waals surface area contributed by atoms with E-state index in [0.29, 0.717) is 0 Å². The molecule has 0 fully saturated rings. The molecule has 6 N–H and O–H groups in total. The fraction of sp³-hybridized carbons (Fsp3) is 1.00. The van der Waals surface area contributed by atoms with Crippen LogP contribution in [0.3, 0.4) is 0 Å². The average Bonchev–Trinajstić information content (AvgIpc) is 2.12. The van der Waals surface area contributed by atoms with Crippen molar-refractivity contribution in [1.82, 2.24) is 0 Å². The SMILES string of the molecule is OC[C@@H](O)[C@@H](O)[C@H](O)[C@@H](O)CO.[K+]. The fourth-order valence-corrected chi connectivity index (χ4v) is 0.671. The van der Waals surface area contributed by atoms with Crippen LogP contribution in [0.25, 0.3) is 0 Å². The van der Waals surface area contributed by atoms with Gasteiger partial charge < -0.3 is 30.6 Å². The largest absolute Gasteiger partial charge is 1.00 e. The van der Waals surface area contributed by atoms with Gasteiger partial charge in [-0.15, -0.1) is 0 Å². The van der Waals surface area contributed by atoms with Crippen LogP contribution in [0.4, 0.5) is 0 Å². The molecular weight excluding hydrogens is 207 g/mol. The molecule has 6 nitrogen and oxygen atoms in total. The molecule has 74 valence electrons. The second-order valence-electron chi connectivity index (χ2n) is 2.48. The molecule has 0 aliphatic carbocycles. The number of aliphatic hydroxyl groups excluding tert-OH is 6. The van der Waals surface area contributed by atoms with E-state index in [2.05, 4.69) is 0 Å². The molecule has 0 aliphatic rings. The van der Waals surface area contributed by atoms with Gasteiger partial charge in [-0.1, -0.05) is 0 Å². The predicted octanol–water partition coefficient (Wildman–Crippen LogP) is -6.58. The Morgan fingerprint density at radius 2 is 0.923 bits per heavy atom. The van der Waals surface area contributed by atoms with Crippen molar-refractivity contribution in [2.24, 2.45) is 0 Å². The Morgan fingerprint density at radius 3 is 1.08 bits per heavy atom. The van der Waals surface area contributed by atoms with E-state index >= 15 is 0 Å². The van der Waals surface area contributed by atoms with Gasteiger partial charge >= 0.3 is 51.4 Å². The van der Waals surface area contributed by atoms with Gasteiger partial charge in [0.25, 0.3) is 0 Å². The molecule has 0 saturated carbocycles. The molecule has 0 saturated heterocycles. The van der Waals surface area contributed by atoms with E-state index in [1.165, 1.54) is 0 Å². The maximum Gasteiger partial charge on any atom is 1.00 e. The minimum Gasteiger partial charge on any atom is -0.394 e. The molecule has 0 aliphatic heterocycles. The summed E-state index contributed by atoms with van der Waals surface area (Å²) in [6.07, 6.45) is -6.39. The maximum atomic E-state index is 8.96. The van der Waals surface area contributed by atoms with Gasteiger partial charge in [0.1, 0.15) is 24.4 Å². The monoisotopic (exact) mass is 221 g/mol. The van der Waals surface area contributed by atoms with Crippen molar-refractivity contribution in [1.29, 1.82) is 0 Å². The van der Waals surface area contributed by atoms with Gasteiger partial charge in [-0.2, -0.15) is 0 Å². The van der Waals surface area contributed by atoms with Crippen molar-refractivity contribution in [3.63, 3.8) is 0 Å². The van der Waals surface area contributed by atoms with Gasteiger partial charge in [0.15, 0.2) is 0 Å². The van der Waals surface area contributed by atoms with Gasteiger partial charge in [-0.05, 0) is 0 Å². The first-order valence-electron chi connectivity index (χ1n) is 3.48. The minimum atomic E-state index is -1.67. The number of hydrogen-bond acceptors (Lipinski definition) is 6. The first-order chi connectivity index (χ1) is 5.54. The summed E-state index contributed by atoms with van der Waals surface area (Å²) in [5.41, 5.74) is 0. The maximum absolute atomic E-state index is 8.96. The molecule has 7 heteroatoms. The Bertz CT molecular complexity index is 110. The normalized spacial score (nSPS) is 19.8. The summed E-state index contributed by atoms with van der Waals surface area (Å²) in [5.74, 6) is 0. The quantitative estimate of drug-likeness (QED) is 0.257. The van der Waals surface area contributed by atoms with E-state index in [1.807, 2.05) is 0 Å². The van der Waals surface area contributed by atoms with E-state index in [9.17, 15) is 0 Å². The molecule has 0 bridgehead atoms. The summed E-state index contributed by atoms with van der Waals surface area (Å²) in [7, 11) is 0. The van der Waals surface area contributed by atoms with Gasteiger partial charge in [0.2, 0.25) is 0 Å². The van der Waals surface area contributed by atoms with Crippen LogP contribution in [-0.2, 0) is 0 Å². The Hall–Kier alpha value is 1.40. The summed E-state index contributed by atoms with van der Waals surface area (Å²) in [6.45, 7) is -1.45. The zero-order chi connectivity index (χ0) is 9.72. The topological polar surface area (TPSA) is 121 Å². The van der Waals surface area contributed by atoms with Crippen LogP contribution in [0.2, 0.25) is 0 Å². The third-order valence-corrected chi connectivity index (χ3v) is 1.51. The van der Waals surface area contributed by atoms with E-state index < -0.39 is 37.6 Å². The van der Waals surface area contributed by atoms with Crippen LogP contribution >= 0.6 is 0 Å². The third-order valence-electron chi connectivity index (χ3n) is 1.51. The molecule has 0 aromatic heterocycles. The van der Waals surface area contributed by atoms with Crippen LogP contribution in [0.15, 0.2) is 0 Å². The molecule has 0 amide bonds. The van der Waals surface area contributed by atoms with Crippen molar-refractivity contribution >= 4 is 0 Å². The van der Waals surface area contributed by atoms with Gasteiger partial charge in [-0.25, -0.2) is 0 Å². The Kier molecular flexibility index (Phi) is 11.2. The molecular formula is C6H14KO6+. The fourth-order valence-electron chi connectivity index (χ4n) is 0.671. The van der Waals surface area contributed by atoms with Crippen LogP contribution in [-0.4, -0.2) is 68.3 Å². The minimum absolute atomic E-state index is 0. The molecule has 0 unspecified atom stereocenters. The molecule has 13 heavy (non-hydrogen) atoms. The predicted molar refractivity (Wildman–Crippen MR) is 38.2 cm³/mol. The smallest absolute Gasteiger partial charge is 0.394 e. The van der Waals surface area contributed by atoms with Crippen molar-refractivity contribution in [3.8, 4) is 0 Å². The standard InChI is InChI=1S/C6H14O6.K/c7-1-3(9)5(11)6(12)4(10)2-8;/h3-12H,1-2H2;/q;+1/t3-,4+,5-,6-;/m1./s1. The summed E-state index contributed by atoms with van der Waals surface area (Å²) in [6, 6.07) is 0. The first kappa shape index (κ1) is 16.8. The van der Waals surface area contributed by atoms with E-state index in [1.54, 1.807) is 0 Å². The van der Waals surface area contributed by atoms with Crippen molar-refractivity contribution in [3.05, 3.63) is 0 Å². The van der Waals surface area contributed by atoms with Crippen molar-refractivity contribution in [2.45, 2.75) is 24.4 Å². The average molecular weight is 221 g/mol. The number of aliphatic hydroxyl groups is 6. The Morgan fingerprint density at radius 1 is 0.692 bits per heavy atom. The molecule has 4 atom stereocenters. The van der Waals surface area contributed by atoms with Gasteiger partial charge in [-0.3, -0.25) is 0 Å². The van der Waals surface area contributed by atoms with E-state index in [4.69, 9.17) is 30.6 Å². The van der Waals surface area contributed by atoms with Crippen LogP contribution < -0.4 is 51.4 Å². The van der Waals surface area contributed by atoms with Crippen molar-refractivity contribution in [2.75, 3.05) is 13.2 Å². The second-order valence-corrected chi connectivity index (χ2v) is 2.48. The third kappa shape index (κ3) is 5.75. The zero-order valence-electron chi connectivity index (χ0n) is 7.41. The summed E-state index contributed by atoms with van der Waals surface area (Å²) in [4.78, 5) is 0. The molecule has 0 spiro atoms. The molecule has 0 aromatic rings. The van der Waals surface area contributed by atoms with Crippen LogP contribution in [0.5, 0.6) is 0 Å². The summed E-state index contributed by atoms with van der Waals surface area (Å²) in [5, 5.41) is 52.2. The summed E-state index contributed by atoms with van der Waals surface area (Å²) < 4.78 is 0. The van der Waals surface area contributed by atoms with Crippen LogP contribution in [0.1, 0.15) is 0 Å². The number of rotatable bonds is 5. The summed E-state index contributed by atoms with van der Waals surface area (Å²) >= 11 is 0. The molecule has 0 radical (unpaired) electrons. The molecule has 0 aromatic carbocycles. The van der Waals surface area contributed by atoms with Gasteiger partial charge in [0.05, 0.1) is 13.2 Å². The number of hydrogen-bond donors (Lipinski definition) is 6. The molecule has 0 rings (SSSR count). The Labute approximate surface area is 118 Å². The van der Waals surface area contributed by atoms with Crippen molar-refractivity contribution < 1.29 is 82.0 Å². The zero-order valence-corrected chi connectivity index (χ0v) is 10.5. The molecule has 0 heterocycles. The van der Waals surface area contributed by atoms with Gasteiger partial charge in [0, 0.05) is 0 Å². The van der Waals surface area contributed by atoms with E-state index in [-0.39, 0.29) is 51.4 Å². The Balaban J connectivity index is 0. The second kappa shape index (κ2) is 8.68.